The summed E-state index contributed by atoms with van der Waals surface area (Å²) in [5, 5.41) is 4.54. The van der Waals surface area contributed by atoms with Crippen molar-refractivity contribution in [2.45, 2.75) is 33.6 Å². The third-order valence-electron chi connectivity index (χ3n) is 5.24. The Morgan fingerprint density at radius 1 is 1.32 bits per heavy atom. The number of carbonyl (C=O) groups is 1. The van der Waals surface area contributed by atoms with Gasteiger partial charge in [-0.15, -0.1) is 0 Å². The van der Waals surface area contributed by atoms with Crippen LogP contribution in [0.25, 0.3) is 5.69 Å². The van der Waals surface area contributed by atoms with Gasteiger partial charge in [-0.25, -0.2) is 9.07 Å². The lowest BCUT2D eigenvalue weighted by Crippen LogP contribution is -2.35. The second-order valence-corrected chi connectivity index (χ2v) is 7.29. The number of amides is 1. The molecule has 2 aromatic rings. The average Bonchev–Trinajstić information content (AvgIpc) is 3.12. The molecule has 1 amide bonds. The first kappa shape index (κ1) is 17.6. The third-order valence-corrected chi connectivity index (χ3v) is 5.24. The smallest absolute Gasteiger partial charge is 0.227 e. The molecule has 0 saturated carbocycles. The van der Waals surface area contributed by atoms with Gasteiger partial charge in [0.15, 0.2) is 0 Å². The molecule has 1 atom stereocenters. The van der Waals surface area contributed by atoms with Crippen LogP contribution in [0.2, 0.25) is 0 Å². The summed E-state index contributed by atoms with van der Waals surface area (Å²) < 4.78 is 14.9. The van der Waals surface area contributed by atoms with Crippen LogP contribution < -0.4 is 5.73 Å². The molecular formula is C19H25FN4O. The van der Waals surface area contributed by atoms with E-state index in [0.29, 0.717) is 19.5 Å². The number of rotatable bonds is 4. The van der Waals surface area contributed by atoms with E-state index in [1.165, 1.54) is 12.1 Å². The van der Waals surface area contributed by atoms with E-state index in [4.69, 9.17) is 5.73 Å². The molecule has 0 radical (unpaired) electrons. The fourth-order valence-electron chi connectivity index (χ4n) is 3.43. The van der Waals surface area contributed by atoms with Gasteiger partial charge in [-0.1, -0.05) is 6.92 Å². The van der Waals surface area contributed by atoms with E-state index in [1.807, 2.05) is 18.7 Å². The molecule has 1 aromatic heterocycles. The zero-order valence-corrected chi connectivity index (χ0v) is 15.1. The second-order valence-electron chi connectivity index (χ2n) is 7.29. The highest BCUT2D eigenvalue weighted by Crippen LogP contribution is 2.29. The second kappa shape index (κ2) is 6.59. The van der Waals surface area contributed by atoms with Gasteiger partial charge in [-0.05, 0) is 56.5 Å². The minimum Gasteiger partial charge on any atom is -0.342 e. The van der Waals surface area contributed by atoms with Crippen molar-refractivity contribution in [2.24, 2.45) is 11.1 Å². The topological polar surface area (TPSA) is 64.2 Å². The quantitative estimate of drug-likeness (QED) is 0.926. The highest BCUT2D eigenvalue weighted by Gasteiger charge is 2.35. The molecule has 1 aliphatic heterocycles. The molecule has 1 aromatic carbocycles. The van der Waals surface area contributed by atoms with Crippen molar-refractivity contribution in [1.29, 1.82) is 0 Å². The zero-order valence-electron chi connectivity index (χ0n) is 15.1. The normalized spacial score (nSPS) is 20.3. The SMILES string of the molecule is Cc1nn(-c2ccc(F)cc2)c(C)c1CC(=O)N1CCC(C)(CN)C1. The largest absolute Gasteiger partial charge is 0.342 e. The number of aryl methyl sites for hydroxylation is 1. The van der Waals surface area contributed by atoms with Crippen LogP contribution in [0.5, 0.6) is 0 Å². The fraction of sp³-hybridized carbons (Fsp3) is 0.474. The predicted octanol–water partition coefficient (Wildman–Crippen LogP) is 2.37. The first-order chi connectivity index (χ1) is 11.8. The molecule has 1 aliphatic rings. The Kier molecular flexibility index (Phi) is 4.64. The van der Waals surface area contributed by atoms with Gasteiger partial charge in [0.05, 0.1) is 17.8 Å². The number of halogens is 1. The Hall–Kier alpha value is -2.21. The third kappa shape index (κ3) is 3.44. The lowest BCUT2D eigenvalue weighted by atomic mass is 9.90. The number of likely N-dealkylation sites (tertiary alicyclic amines) is 1. The van der Waals surface area contributed by atoms with E-state index in [0.717, 1.165) is 35.6 Å². The highest BCUT2D eigenvalue weighted by atomic mass is 19.1. The van der Waals surface area contributed by atoms with E-state index < -0.39 is 0 Å². The van der Waals surface area contributed by atoms with Crippen molar-refractivity contribution in [3.8, 4) is 5.69 Å². The van der Waals surface area contributed by atoms with Crippen LogP contribution in [-0.2, 0) is 11.2 Å². The number of hydrogen-bond donors (Lipinski definition) is 1. The summed E-state index contributed by atoms with van der Waals surface area (Å²) in [7, 11) is 0. The first-order valence-corrected chi connectivity index (χ1v) is 8.62. The molecule has 6 heteroatoms. The van der Waals surface area contributed by atoms with Crippen molar-refractivity contribution in [3.05, 3.63) is 47.0 Å². The fourth-order valence-corrected chi connectivity index (χ4v) is 3.43. The Labute approximate surface area is 147 Å². The molecule has 3 rings (SSSR count). The maximum absolute atomic E-state index is 13.1. The molecular weight excluding hydrogens is 319 g/mol. The molecule has 1 saturated heterocycles. The van der Waals surface area contributed by atoms with Crippen LogP contribution in [0.4, 0.5) is 4.39 Å². The molecule has 25 heavy (non-hydrogen) atoms. The van der Waals surface area contributed by atoms with Gasteiger partial charge >= 0.3 is 0 Å². The molecule has 2 heterocycles. The Morgan fingerprint density at radius 2 is 2.00 bits per heavy atom. The summed E-state index contributed by atoms with van der Waals surface area (Å²) in [5.41, 5.74) is 9.33. The lowest BCUT2D eigenvalue weighted by Gasteiger charge is -2.22. The van der Waals surface area contributed by atoms with Crippen molar-refractivity contribution in [1.82, 2.24) is 14.7 Å². The summed E-state index contributed by atoms with van der Waals surface area (Å²) in [6, 6.07) is 6.20. The molecule has 0 spiro atoms. The van der Waals surface area contributed by atoms with E-state index in [1.54, 1.807) is 16.8 Å². The van der Waals surface area contributed by atoms with Crippen molar-refractivity contribution in [2.75, 3.05) is 19.6 Å². The van der Waals surface area contributed by atoms with Crippen LogP contribution in [0.3, 0.4) is 0 Å². The number of benzene rings is 1. The van der Waals surface area contributed by atoms with Crippen molar-refractivity contribution < 1.29 is 9.18 Å². The summed E-state index contributed by atoms with van der Waals surface area (Å²) in [6.07, 6.45) is 1.28. The van der Waals surface area contributed by atoms with Crippen LogP contribution in [0, 0.1) is 25.1 Å². The lowest BCUT2D eigenvalue weighted by molar-refractivity contribution is -0.129. The van der Waals surface area contributed by atoms with Gasteiger partial charge in [0.25, 0.3) is 0 Å². The van der Waals surface area contributed by atoms with Crippen LogP contribution in [-0.4, -0.2) is 40.2 Å². The summed E-state index contributed by atoms with van der Waals surface area (Å²) in [4.78, 5) is 14.6. The maximum Gasteiger partial charge on any atom is 0.227 e. The summed E-state index contributed by atoms with van der Waals surface area (Å²) >= 11 is 0. The molecule has 1 fully saturated rings. The van der Waals surface area contributed by atoms with Gasteiger partial charge in [0.2, 0.25) is 5.91 Å². The van der Waals surface area contributed by atoms with Crippen LogP contribution in [0.1, 0.15) is 30.3 Å². The van der Waals surface area contributed by atoms with Crippen LogP contribution in [0.15, 0.2) is 24.3 Å². The molecule has 2 N–H and O–H groups in total. The Bertz CT molecular complexity index is 783. The monoisotopic (exact) mass is 344 g/mol. The number of carbonyl (C=O) groups excluding carboxylic acids is 1. The number of nitrogens with zero attached hydrogens (tertiary/aromatic N) is 3. The van der Waals surface area contributed by atoms with E-state index in [9.17, 15) is 9.18 Å². The van der Waals surface area contributed by atoms with Crippen molar-refractivity contribution in [3.63, 3.8) is 0 Å². The predicted molar refractivity (Wildman–Crippen MR) is 95.1 cm³/mol. The number of aromatic nitrogens is 2. The summed E-state index contributed by atoms with van der Waals surface area (Å²) in [5.74, 6) is -0.167. The number of nitrogens with two attached hydrogens (primary N) is 1. The molecule has 134 valence electrons. The van der Waals surface area contributed by atoms with Gasteiger partial charge in [-0.2, -0.15) is 5.10 Å². The van der Waals surface area contributed by atoms with Crippen molar-refractivity contribution >= 4 is 5.91 Å². The van der Waals surface area contributed by atoms with Crippen LogP contribution >= 0.6 is 0 Å². The molecule has 0 bridgehead atoms. The summed E-state index contributed by atoms with van der Waals surface area (Å²) in [6.45, 7) is 8.05. The van der Waals surface area contributed by atoms with E-state index in [-0.39, 0.29) is 17.1 Å². The van der Waals surface area contributed by atoms with E-state index >= 15 is 0 Å². The zero-order chi connectivity index (χ0) is 18.2. The Morgan fingerprint density at radius 3 is 2.60 bits per heavy atom. The average molecular weight is 344 g/mol. The highest BCUT2D eigenvalue weighted by molar-refractivity contribution is 5.79. The van der Waals surface area contributed by atoms with E-state index in [2.05, 4.69) is 12.0 Å². The Balaban J connectivity index is 1.79. The standard InChI is InChI=1S/C19H25FN4O/c1-13-17(10-18(25)23-9-8-19(3,11-21)12-23)14(2)24(22-13)16-6-4-15(20)5-7-16/h4-7H,8-12,21H2,1-3H3. The number of hydrogen-bond acceptors (Lipinski definition) is 3. The first-order valence-electron chi connectivity index (χ1n) is 8.62. The molecule has 1 unspecified atom stereocenters. The maximum atomic E-state index is 13.1. The van der Waals surface area contributed by atoms with Gasteiger partial charge in [-0.3, -0.25) is 4.79 Å². The minimum atomic E-state index is -0.280. The van der Waals surface area contributed by atoms with Gasteiger partial charge in [0.1, 0.15) is 5.82 Å². The molecule has 0 aliphatic carbocycles. The molecule has 5 nitrogen and oxygen atoms in total. The minimum absolute atomic E-state index is 0.0258. The van der Waals surface area contributed by atoms with Gasteiger partial charge < -0.3 is 10.6 Å². The van der Waals surface area contributed by atoms with Gasteiger partial charge in [0, 0.05) is 24.3 Å².